The van der Waals surface area contributed by atoms with Crippen molar-refractivity contribution >= 4 is 35.1 Å². The zero-order chi connectivity index (χ0) is 17.4. The number of benzene rings is 1. The molecule has 8 heteroatoms. The number of hydrogen-bond acceptors (Lipinski definition) is 4. The number of terminal acetylenes is 1. The number of hydrogen-bond donors (Lipinski definition) is 4. The van der Waals surface area contributed by atoms with Gasteiger partial charge in [0.25, 0.3) is 5.91 Å². The van der Waals surface area contributed by atoms with Crippen LogP contribution in [-0.4, -0.2) is 40.6 Å². The highest BCUT2D eigenvalue weighted by atomic mass is 35.5. The molecular formula is C15H15ClN2O5. The molecule has 1 rings (SSSR count). The van der Waals surface area contributed by atoms with Crippen LogP contribution < -0.4 is 10.6 Å². The highest BCUT2D eigenvalue weighted by Crippen LogP contribution is 2.21. The van der Waals surface area contributed by atoms with Crippen LogP contribution in [0, 0.1) is 12.3 Å². The maximum atomic E-state index is 12.1. The van der Waals surface area contributed by atoms with Gasteiger partial charge in [-0.15, -0.1) is 6.42 Å². The van der Waals surface area contributed by atoms with E-state index in [0.29, 0.717) is 5.69 Å². The van der Waals surface area contributed by atoms with Gasteiger partial charge in [0, 0.05) is 12.1 Å². The fraction of sp³-hybridized carbons (Fsp3) is 0.267. The van der Waals surface area contributed by atoms with Crippen molar-refractivity contribution in [3.05, 3.63) is 28.8 Å². The Bertz CT molecular complexity index is 654. The van der Waals surface area contributed by atoms with Gasteiger partial charge in [0.2, 0.25) is 0 Å². The highest BCUT2D eigenvalue weighted by Gasteiger charge is 2.22. The Labute approximate surface area is 137 Å². The molecule has 0 aromatic heterocycles. The first-order chi connectivity index (χ1) is 10.8. The highest BCUT2D eigenvalue weighted by molar-refractivity contribution is 6.34. The van der Waals surface area contributed by atoms with Gasteiger partial charge >= 0.3 is 11.9 Å². The molecular weight excluding hydrogens is 324 g/mol. The van der Waals surface area contributed by atoms with Gasteiger partial charge in [0.15, 0.2) is 0 Å². The number of carbonyl (C=O) groups excluding carboxylic acids is 1. The molecule has 4 N–H and O–H groups in total. The molecule has 1 atom stereocenters. The minimum absolute atomic E-state index is 0.0829. The largest absolute Gasteiger partial charge is 0.481 e. The summed E-state index contributed by atoms with van der Waals surface area (Å²) in [6, 6.07) is 3.17. The maximum absolute atomic E-state index is 12.1. The molecule has 0 bridgehead atoms. The summed E-state index contributed by atoms with van der Waals surface area (Å²) in [6.45, 7) is 0.290. The molecule has 0 saturated heterocycles. The predicted octanol–water partition coefficient (Wildman–Crippen LogP) is 1.43. The quantitative estimate of drug-likeness (QED) is 0.533. The molecule has 122 valence electrons. The van der Waals surface area contributed by atoms with Gasteiger partial charge in [0.05, 0.1) is 17.1 Å². The predicted molar refractivity (Wildman–Crippen MR) is 84.5 cm³/mol. The van der Waals surface area contributed by atoms with Gasteiger partial charge in [-0.1, -0.05) is 17.5 Å². The Morgan fingerprint density at radius 2 is 2.00 bits per heavy atom. The van der Waals surface area contributed by atoms with E-state index in [1.807, 2.05) is 0 Å². The van der Waals surface area contributed by atoms with E-state index in [4.69, 9.17) is 28.2 Å². The molecule has 7 nitrogen and oxygen atoms in total. The van der Waals surface area contributed by atoms with Crippen molar-refractivity contribution in [2.75, 3.05) is 11.9 Å². The van der Waals surface area contributed by atoms with Gasteiger partial charge < -0.3 is 20.8 Å². The molecule has 0 saturated carbocycles. The van der Waals surface area contributed by atoms with E-state index < -0.39 is 23.9 Å². The van der Waals surface area contributed by atoms with Gasteiger partial charge in [-0.2, -0.15) is 0 Å². The normalized spacial score (nSPS) is 11.1. The van der Waals surface area contributed by atoms with Gasteiger partial charge in [-0.25, -0.2) is 4.79 Å². The second-order valence-corrected chi connectivity index (χ2v) is 4.96. The summed E-state index contributed by atoms with van der Waals surface area (Å²) in [5, 5.41) is 22.9. The van der Waals surface area contributed by atoms with Gasteiger partial charge in [-0.3, -0.25) is 9.59 Å². The Morgan fingerprint density at radius 3 is 2.52 bits per heavy atom. The summed E-state index contributed by atoms with van der Waals surface area (Å²) in [5.41, 5.74) is 0.699. The lowest BCUT2D eigenvalue weighted by Crippen LogP contribution is -2.41. The smallest absolute Gasteiger partial charge is 0.326 e. The van der Waals surface area contributed by atoms with Crippen LogP contribution in [-0.2, 0) is 9.59 Å². The van der Waals surface area contributed by atoms with Crippen molar-refractivity contribution < 1.29 is 24.6 Å². The van der Waals surface area contributed by atoms with Crippen LogP contribution in [0.2, 0.25) is 5.02 Å². The number of halogens is 1. The molecule has 0 aliphatic rings. The lowest BCUT2D eigenvalue weighted by Gasteiger charge is -2.14. The summed E-state index contributed by atoms with van der Waals surface area (Å²) in [5.74, 6) is -0.772. The minimum Gasteiger partial charge on any atom is -0.481 e. The Kier molecular flexibility index (Phi) is 6.90. The number of nitrogens with one attached hydrogen (secondary N) is 2. The average Bonchev–Trinajstić information content (AvgIpc) is 2.48. The van der Waals surface area contributed by atoms with Crippen molar-refractivity contribution in [1.82, 2.24) is 5.32 Å². The maximum Gasteiger partial charge on any atom is 0.326 e. The summed E-state index contributed by atoms with van der Waals surface area (Å²) in [4.78, 5) is 33.7. The molecule has 0 unspecified atom stereocenters. The van der Waals surface area contributed by atoms with E-state index in [1.54, 1.807) is 6.07 Å². The van der Waals surface area contributed by atoms with Gasteiger partial charge in [-0.05, 0) is 24.6 Å². The fourth-order valence-electron chi connectivity index (χ4n) is 1.72. The van der Waals surface area contributed by atoms with Crippen LogP contribution in [0.5, 0.6) is 0 Å². The van der Waals surface area contributed by atoms with Crippen LogP contribution in [0.15, 0.2) is 18.2 Å². The monoisotopic (exact) mass is 338 g/mol. The van der Waals surface area contributed by atoms with Crippen LogP contribution in [0.25, 0.3) is 0 Å². The first kappa shape index (κ1) is 18.3. The zero-order valence-corrected chi connectivity index (χ0v) is 12.8. The van der Waals surface area contributed by atoms with Crippen molar-refractivity contribution in [2.45, 2.75) is 18.9 Å². The lowest BCUT2D eigenvalue weighted by molar-refractivity contribution is -0.140. The van der Waals surface area contributed by atoms with Crippen LogP contribution in [0.3, 0.4) is 0 Å². The topological polar surface area (TPSA) is 116 Å². The first-order valence-electron chi connectivity index (χ1n) is 6.57. The van der Waals surface area contributed by atoms with Crippen molar-refractivity contribution in [3.8, 4) is 12.3 Å². The average molecular weight is 339 g/mol. The Balaban J connectivity index is 2.81. The molecule has 1 amide bonds. The molecule has 1 aromatic carbocycles. The third kappa shape index (κ3) is 5.88. The van der Waals surface area contributed by atoms with E-state index in [-0.39, 0.29) is 30.0 Å². The van der Waals surface area contributed by atoms with E-state index in [2.05, 4.69) is 16.6 Å². The van der Waals surface area contributed by atoms with Crippen molar-refractivity contribution in [1.29, 1.82) is 0 Å². The first-order valence-corrected chi connectivity index (χ1v) is 6.95. The summed E-state index contributed by atoms with van der Waals surface area (Å²) < 4.78 is 0. The van der Waals surface area contributed by atoms with E-state index >= 15 is 0 Å². The van der Waals surface area contributed by atoms with Crippen LogP contribution in [0.4, 0.5) is 5.69 Å². The summed E-state index contributed by atoms with van der Waals surface area (Å²) >= 11 is 6.00. The molecule has 0 spiro atoms. The van der Waals surface area contributed by atoms with Crippen LogP contribution in [0.1, 0.15) is 23.2 Å². The van der Waals surface area contributed by atoms with E-state index in [9.17, 15) is 14.4 Å². The number of anilines is 1. The number of carbonyl (C=O) groups is 3. The number of carboxylic acids is 2. The van der Waals surface area contributed by atoms with Crippen LogP contribution >= 0.6 is 11.6 Å². The SMILES string of the molecule is C#CCNc1ccc(C(=O)N[C@@H](CCC(=O)O)C(=O)O)c(Cl)c1. The third-order valence-corrected chi connectivity index (χ3v) is 3.17. The number of rotatable bonds is 8. The van der Waals surface area contributed by atoms with Gasteiger partial charge in [0.1, 0.15) is 6.04 Å². The van der Waals surface area contributed by atoms with E-state index in [1.165, 1.54) is 12.1 Å². The number of amides is 1. The fourth-order valence-corrected chi connectivity index (χ4v) is 1.99. The molecule has 0 heterocycles. The van der Waals surface area contributed by atoms with E-state index in [0.717, 1.165) is 0 Å². The molecule has 0 aliphatic heterocycles. The second-order valence-electron chi connectivity index (χ2n) is 4.55. The summed E-state index contributed by atoms with van der Waals surface area (Å²) in [7, 11) is 0. The molecule has 0 aliphatic carbocycles. The lowest BCUT2D eigenvalue weighted by atomic mass is 10.1. The standard InChI is InChI=1S/C15H15ClN2O5/c1-2-7-17-9-3-4-10(11(16)8-9)14(21)18-12(15(22)23)5-6-13(19)20/h1,3-4,8,12,17H,5-7H2,(H,18,21)(H,19,20)(H,22,23)/t12-/m0/s1. The molecule has 0 fully saturated rings. The Morgan fingerprint density at radius 1 is 1.30 bits per heavy atom. The number of aliphatic carboxylic acids is 2. The minimum atomic E-state index is -1.32. The number of carboxylic acid groups (broad SMARTS) is 2. The second kappa shape index (κ2) is 8.66. The third-order valence-electron chi connectivity index (χ3n) is 2.86. The zero-order valence-electron chi connectivity index (χ0n) is 12.0. The van der Waals surface area contributed by atoms with Crippen molar-refractivity contribution in [2.24, 2.45) is 0 Å². The molecule has 1 aromatic rings. The molecule has 0 radical (unpaired) electrons. The van der Waals surface area contributed by atoms with Crippen molar-refractivity contribution in [3.63, 3.8) is 0 Å². The Hall–Kier alpha value is -2.72. The summed E-state index contributed by atoms with van der Waals surface area (Å²) in [6.07, 6.45) is 4.52. The molecule has 23 heavy (non-hydrogen) atoms.